The molecular weight excluding hydrogens is 359 g/mol. The second kappa shape index (κ2) is 8.19. The van der Waals surface area contributed by atoms with Crippen LogP contribution in [0.15, 0.2) is 42.5 Å². The number of anilines is 1. The minimum atomic E-state index is -0.447. The Labute approximate surface area is 147 Å². The number of rotatable bonds is 6. The van der Waals surface area contributed by atoms with Gasteiger partial charge in [-0.15, -0.1) is 11.8 Å². The van der Waals surface area contributed by atoms with Crippen LogP contribution in [0.3, 0.4) is 0 Å². The topological polar surface area (TPSA) is 72.2 Å². The van der Waals surface area contributed by atoms with Gasteiger partial charge in [0.15, 0.2) is 0 Å². The zero-order valence-corrected chi connectivity index (χ0v) is 14.1. The van der Waals surface area contributed by atoms with Gasteiger partial charge in [0.25, 0.3) is 5.69 Å². The molecule has 2 aromatic rings. The van der Waals surface area contributed by atoms with Gasteiger partial charge in [-0.2, -0.15) is 0 Å². The third-order valence-corrected chi connectivity index (χ3v) is 4.51. The molecule has 0 heterocycles. The molecule has 5 nitrogen and oxygen atoms in total. The number of nitrogens with zero attached hydrogens (tertiary/aromatic N) is 1. The van der Waals surface area contributed by atoms with Gasteiger partial charge in [-0.25, -0.2) is 0 Å². The molecule has 2 aromatic carbocycles. The van der Waals surface area contributed by atoms with Gasteiger partial charge in [0, 0.05) is 17.9 Å². The van der Waals surface area contributed by atoms with Gasteiger partial charge in [-0.05, 0) is 17.7 Å². The van der Waals surface area contributed by atoms with Crippen LogP contribution in [0.2, 0.25) is 10.0 Å². The molecular formula is C15H12Cl2N2O3S. The van der Waals surface area contributed by atoms with Gasteiger partial charge >= 0.3 is 0 Å². The molecule has 0 aliphatic heterocycles. The fraction of sp³-hybridized carbons (Fsp3) is 0.133. The summed E-state index contributed by atoms with van der Waals surface area (Å²) in [6.07, 6.45) is 0. The lowest BCUT2D eigenvalue weighted by atomic mass is 10.2. The first-order valence-corrected chi connectivity index (χ1v) is 8.43. The van der Waals surface area contributed by atoms with Crippen molar-refractivity contribution in [3.8, 4) is 0 Å². The quantitative estimate of drug-likeness (QED) is 0.586. The molecule has 0 atom stereocenters. The van der Waals surface area contributed by atoms with Crippen molar-refractivity contribution in [1.29, 1.82) is 0 Å². The van der Waals surface area contributed by atoms with Gasteiger partial charge < -0.3 is 5.32 Å². The molecule has 23 heavy (non-hydrogen) atoms. The number of nitro groups is 1. The number of non-ortho nitro benzene ring substituents is 1. The van der Waals surface area contributed by atoms with Crippen molar-refractivity contribution < 1.29 is 9.72 Å². The standard InChI is InChI=1S/C15H12Cl2N2O3S/c16-12-2-1-3-13(17)15(12)18-14(20)9-23-8-10-4-6-11(7-5-10)19(21)22/h1-7H,8-9H2,(H,18,20). The van der Waals surface area contributed by atoms with E-state index in [1.807, 2.05) is 0 Å². The van der Waals surface area contributed by atoms with Gasteiger partial charge in [-0.1, -0.05) is 41.4 Å². The van der Waals surface area contributed by atoms with E-state index in [4.69, 9.17) is 23.2 Å². The minimum absolute atomic E-state index is 0.0462. The molecule has 0 aliphatic rings. The van der Waals surface area contributed by atoms with Crippen LogP contribution in [0.5, 0.6) is 0 Å². The normalized spacial score (nSPS) is 10.3. The maximum absolute atomic E-state index is 11.9. The Morgan fingerprint density at radius 1 is 1.13 bits per heavy atom. The number of para-hydroxylation sites is 1. The summed E-state index contributed by atoms with van der Waals surface area (Å²) < 4.78 is 0. The molecule has 120 valence electrons. The Bertz CT molecular complexity index is 703. The van der Waals surface area contributed by atoms with Crippen molar-refractivity contribution in [2.45, 2.75) is 5.75 Å². The predicted molar refractivity (Wildman–Crippen MR) is 94.4 cm³/mol. The summed E-state index contributed by atoms with van der Waals surface area (Å²) in [5.41, 5.74) is 1.35. The van der Waals surface area contributed by atoms with E-state index in [0.29, 0.717) is 21.5 Å². The molecule has 0 radical (unpaired) electrons. The van der Waals surface area contributed by atoms with Gasteiger partial charge in [0.05, 0.1) is 26.4 Å². The molecule has 0 aromatic heterocycles. The van der Waals surface area contributed by atoms with Crippen LogP contribution < -0.4 is 5.32 Å². The molecule has 2 rings (SSSR count). The van der Waals surface area contributed by atoms with E-state index in [0.717, 1.165) is 5.56 Å². The Hall–Kier alpha value is -1.76. The number of benzene rings is 2. The molecule has 0 spiro atoms. The Balaban J connectivity index is 1.84. The number of thioether (sulfide) groups is 1. The molecule has 0 unspecified atom stereocenters. The number of halogens is 2. The number of carbonyl (C=O) groups is 1. The number of carbonyl (C=O) groups excluding carboxylic acids is 1. The summed E-state index contributed by atoms with van der Waals surface area (Å²) in [5.74, 6) is 0.576. The van der Waals surface area contributed by atoms with Crippen molar-refractivity contribution >= 4 is 52.2 Å². The molecule has 0 aliphatic carbocycles. The molecule has 0 bridgehead atoms. The molecule has 1 N–H and O–H groups in total. The van der Waals surface area contributed by atoms with Crippen molar-refractivity contribution in [3.63, 3.8) is 0 Å². The van der Waals surface area contributed by atoms with E-state index in [-0.39, 0.29) is 17.3 Å². The predicted octanol–water partition coefficient (Wildman–Crippen LogP) is 4.77. The SMILES string of the molecule is O=C(CSCc1ccc([N+](=O)[O-])cc1)Nc1c(Cl)cccc1Cl. The van der Waals surface area contributed by atoms with E-state index in [1.165, 1.54) is 23.9 Å². The van der Waals surface area contributed by atoms with Crippen molar-refractivity contribution in [2.24, 2.45) is 0 Å². The molecule has 0 fully saturated rings. The highest BCUT2D eigenvalue weighted by Crippen LogP contribution is 2.30. The Morgan fingerprint density at radius 2 is 1.74 bits per heavy atom. The third kappa shape index (κ3) is 5.13. The summed E-state index contributed by atoms with van der Waals surface area (Å²) in [6.45, 7) is 0. The van der Waals surface area contributed by atoms with Crippen LogP contribution in [-0.4, -0.2) is 16.6 Å². The van der Waals surface area contributed by atoms with Crippen LogP contribution in [0, 0.1) is 10.1 Å². The number of hydrogen-bond acceptors (Lipinski definition) is 4. The Morgan fingerprint density at radius 3 is 2.30 bits per heavy atom. The summed E-state index contributed by atoms with van der Waals surface area (Å²) in [4.78, 5) is 22.0. The maximum Gasteiger partial charge on any atom is 0.269 e. The summed E-state index contributed by atoms with van der Waals surface area (Å²) >= 11 is 13.4. The van der Waals surface area contributed by atoms with Crippen LogP contribution >= 0.6 is 35.0 Å². The van der Waals surface area contributed by atoms with Crippen LogP contribution in [0.1, 0.15) is 5.56 Å². The van der Waals surface area contributed by atoms with E-state index in [1.54, 1.807) is 30.3 Å². The van der Waals surface area contributed by atoms with Crippen molar-refractivity contribution in [1.82, 2.24) is 0 Å². The molecule has 1 amide bonds. The highest BCUT2D eigenvalue weighted by molar-refractivity contribution is 7.99. The zero-order chi connectivity index (χ0) is 16.8. The molecule has 8 heteroatoms. The number of amides is 1. The minimum Gasteiger partial charge on any atom is -0.323 e. The Kier molecular flexibility index (Phi) is 6.27. The van der Waals surface area contributed by atoms with Crippen LogP contribution in [0.25, 0.3) is 0 Å². The number of nitrogens with one attached hydrogen (secondary N) is 1. The monoisotopic (exact) mass is 370 g/mol. The van der Waals surface area contributed by atoms with Gasteiger partial charge in [-0.3, -0.25) is 14.9 Å². The summed E-state index contributed by atoms with van der Waals surface area (Å²) in [6, 6.07) is 11.2. The first kappa shape index (κ1) is 17.6. The lowest BCUT2D eigenvalue weighted by Crippen LogP contribution is -2.14. The average Bonchev–Trinajstić information content (AvgIpc) is 2.51. The lowest BCUT2D eigenvalue weighted by molar-refractivity contribution is -0.384. The fourth-order valence-electron chi connectivity index (χ4n) is 1.77. The fourth-order valence-corrected chi connectivity index (χ4v) is 3.05. The zero-order valence-electron chi connectivity index (χ0n) is 11.8. The van der Waals surface area contributed by atoms with E-state index >= 15 is 0 Å². The lowest BCUT2D eigenvalue weighted by Gasteiger charge is -2.09. The number of hydrogen-bond donors (Lipinski definition) is 1. The highest BCUT2D eigenvalue weighted by Gasteiger charge is 2.10. The van der Waals surface area contributed by atoms with E-state index in [2.05, 4.69) is 5.32 Å². The van der Waals surface area contributed by atoms with Crippen molar-refractivity contribution in [2.75, 3.05) is 11.1 Å². The van der Waals surface area contributed by atoms with Crippen molar-refractivity contribution in [3.05, 3.63) is 68.2 Å². The van der Waals surface area contributed by atoms with Gasteiger partial charge in [0.2, 0.25) is 5.91 Å². The van der Waals surface area contributed by atoms with E-state index < -0.39 is 4.92 Å². The molecule has 0 saturated carbocycles. The first-order valence-electron chi connectivity index (χ1n) is 6.52. The largest absolute Gasteiger partial charge is 0.323 e. The van der Waals surface area contributed by atoms with E-state index in [9.17, 15) is 14.9 Å². The second-order valence-corrected chi connectivity index (χ2v) is 6.36. The maximum atomic E-state index is 11.9. The molecule has 0 saturated heterocycles. The smallest absolute Gasteiger partial charge is 0.269 e. The average molecular weight is 371 g/mol. The summed E-state index contributed by atoms with van der Waals surface area (Å²) in [5, 5.41) is 14.0. The highest BCUT2D eigenvalue weighted by atomic mass is 35.5. The first-order chi connectivity index (χ1) is 11.0. The third-order valence-electron chi connectivity index (χ3n) is 2.88. The van der Waals surface area contributed by atoms with Gasteiger partial charge in [0.1, 0.15) is 0 Å². The summed E-state index contributed by atoms with van der Waals surface area (Å²) in [7, 11) is 0. The van der Waals surface area contributed by atoms with Crippen LogP contribution in [0.4, 0.5) is 11.4 Å². The second-order valence-electron chi connectivity index (χ2n) is 4.56. The van der Waals surface area contributed by atoms with Crippen LogP contribution in [-0.2, 0) is 10.5 Å². The number of nitro benzene ring substituents is 1.